The van der Waals surface area contributed by atoms with Crippen molar-refractivity contribution in [2.75, 3.05) is 19.6 Å². The van der Waals surface area contributed by atoms with Gasteiger partial charge in [-0.1, -0.05) is 23.7 Å². The zero-order chi connectivity index (χ0) is 13.8. The molecule has 104 valence electrons. The molecule has 1 aliphatic rings. The van der Waals surface area contributed by atoms with Crippen molar-refractivity contribution in [3.8, 4) is 0 Å². The number of hydrogen-bond acceptors (Lipinski definition) is 1. The molecule has 0 radical (unpaired) electrons. The molecule has 0 aliphatic carbocycles. The van der Waals surface area contributed by atoms with E-state index in [1.54, 1.807) is 12.1 Å². The van der Waals surface area contributed by atoms with Crippen molar-refractivity contribution < 1.29 is 13.6 Å². The van der Waals surface area contributed by atoms with Crippen LogP contribution in [0.4, 0.5) is 13.6 Å². The maximum atomic E-state index is 12.9. The first kappa shape index (κ1) is 14.1. The summed E-state index contributed by atoms with van der Waals surface area (Å²) in [4.78, 5) is 12.8. The zero-order valence-electron chi connectivity index (χ0n) is 10.3. The van der Waals surface area contributed by atoms with Gasteiger partial charge in [0, 0.05) is 11.6 Å². The largest absolute Gasteiger partial charge is 0.338 e. The van der Waals surface area contributed by atoms with E-state index in [2.05, 4.69) is 5.32 Å². The Morgan fingerprint density at radius 2 is 1.84 bits per heavy atom. The lowest BCUT2D eigenvalue weighted by Crippen LogP contribution is -2.39. The van der Waals surface area contributed by atoms with Gasteiger partial charge in [-0.3, -0.25) is 0 Å². The lowest BCUT2D eigenvalue weighted by atomic mass is 10.1. The van der Waals surface area contributed by atoms with E-state index < -0.39 is 18.4 Å². The second-order valence-electron chi connectivity index (χ2n) is 4.55. The lowest BCUT2D eigenvalue weighted by Gasteiger charge is -2.15. The minimum atomic E-state index is -1.57. The monoisotopic (exact) mass is 288 g/mol. The van der Waals surface area contributed by atoms with Gasteiger partial charge in [0.05, 0.1) is 13.1 Å². The molecule has 1 N–H and O–H groups in total. The first-order valence-corrected chi connectivity index (χ1v) is 6.49. The number of halogens is 3. The summed E-state index contributed by atoms with van der Waals surface area (Å²) in [5, 5.41) is 3.31. The molecule has 1 aromatic carbocycles. The van der Waals surface area contributed by atoms with Crippen molar-refractivity contribution in [2.24, 2.45) is 0 Å². The van der Waals surface area contributed by atoms with Crippen LogP contribution < -0.4 is 5.32 Å². The number of rotatable bonds is 3. The van der Waals surface area contributed by atoms with Gasteiger partial charge < -0.3 is 10.2 Å². The molecule has 0 bridgehead atoms. The number of benzene rings is 1. The van der Waals surface area contributed by atoms with E-state index in [-0.39, 0.29) is 13.1 Å². The van der Waals surface area contributed by atoms with Crippen LogP contribution >= 0.6 is 11.6 Å². The third-order valence-electron chi connectivity index (χ3n) is 3.07. The van der Waals surface area contributed by atoms with E-state index >= 15 is 0 Å². The van der Waals surface area contributed by atoms with E-state index in [1.165, 1.54) is 0 Å². The third-order valence-corrected chi connectivity index (χ3v) is 3.32. The van der Waals surface area contributed by atoms with Crippen LogP contribution in [-0.2, 0) is 6.42 Å². The molecule has 19 heavy (non-hydrogen) atoms. The lowest BCUT2D eigenvalue weighted by molar-refractivity contribution is 0.204. The number of carbonyl (C=O) groups is 1. The Morgan fingerprint density at radius 3 is 2.42 bits per heavy atom. The summed E-state index contributed by atoms with van der Waals surface area (Å²) in [6.07, 6.45) is -2.49. The van der Waals surface area contributed by atoms with E-state index in [0.29, 0.717) is 18.0 Å². The summed E-state index contributed by atoms with van der Waals surface area (Å²) >= 11 is 5.76. The number of urea groups is 1. The summed E-state index contributed by atoms with van der Waals surface area (Å²) in [5.41, 5.74) is 1.04. The van der Waals surface area contributed by atoms with Crippen molar-refractivity contribution in [3.05, 3.63) is 34.9 Å². The van der Waals surface area contributed by atoms with Crippen molar-refractivity contribution >= 4 is 17.6 Å². The molecule has 0 spiro atoms. The molecular weight excluding hydrogens is 274 g/mol. The Balaban J connectivity index is 1.74. The topological polar surface area (TPSA) is 32.3 Å². The molecule has 0 unspecified atom stereocenters. The molecule has 6 heteroatoms. The maximum absolute atomic E-state index is 12.9. The summed E-state index contributed by atoms with van der Waals surface area (Å²) in [7, 11) is 0. The fourth-order valence-corrected chi connectivity index (χ4v) is 2.09. The molecule has 0 aromatic heterocycles. The van der Waals surface area contributed by atoms with Gasteiger partial charge in [-0.15, -0.1) is 0 Å². The highest BCUT2D eigenvalue weighted by molar-refractivity contribution is 6.30. The Hall–Kier alpha value is -1.36. The van der Waals surface area contributed by atoms with Gasteiger partial charge in [0.25, 0.3) is 0 Å². The van der Waals surface area contributed by atoms with E-state index in [4.69, 9.17) is 11.6 Å². The minimum absolute atomic E-state index is 0.173. The Kier molecular flexibility index (Phi) is 4.58. The third kappa shape index (κ3) is 3.80. The number of nitrogens with zero attached hydrogens (tertiary/aromatic N) is 1. The number of alkyl halides is 2. The quantitative estimate of drug-likeness (QED) is 0.911. The van der Waals surface area contributed by atoms with Crippen LogP contribution in [0.3, 0.4) is 0 Å². The fourth-order valence-electron chi connectivity index (χ4n) is 1.97. The summed E-state index contributed by atoms with van der Waals surface area (Å²) in [6, 6.07) is 6.89. The van der Waals surface area contributed by atoms with Crippen LogP contribution in [0.2, 0.25) is 5.02 Å². The molecule has 2 rings (SSSR count). The highest BCUT2D eigenvalue weighted by atomic mass is 35.5. The fraction of sp³-hybridized carbons (Fsp3) is 0.462. The normalized spacial score (nSPS) is 22.6. The summed E-state index contributed by atoms with van der Waals surface area (Å²) in [6.45, 7) is 0.0762. The minimum Gasteiger partial charge on any atom is -0.338 e. The van der Waals surface area contributed by atoms with Crippen molar-refractivity contribution in [2.45, 2.75) is 18.8 Å². The molecule has 1 saturated heterocycles. The van der Waals surface area contributed by atoms with Crippen molar-refractivity contribution in [3.63, 3.8) is 0 Å². The highest BCUT2D eigenvalue weighted by Gasteiger charge is 2.35. The van der Waals surface area contributed by atoms with E-state index in [9.17, 15) is 13.6 Å². The summed E-state index contributed by atoms with van der Waals surface area (Å²) < 4.78 is 25.9. The maximum Gasteiger partial charge on any atom is 0.317 e. The van der Waals surface area contributed by atoms with Crippen molar-refractivity contribution in [1.82, 2.24) is 10.2 Å². The van der Waals surface area contributed by atoms with Crippen molar-refractivity contribution in [1.29, 1.82) is 0 Å². The molecule has 3 nitrogen and oxygen atoms in total. The average molecular weight is 289 g/mol. The van der Waals surface area contributed by atoms with E-state index in [0.717, 1.165) is 10.5 Å². The molecule has 2 atom stereocenters. The number of amides is 2. The van der Waals surface area contributed by atoms with Crippen LogP contribution in [0.15, 0.2) is 24.3 Å². The number of likely N-dealkylation sites (tertiary alicyclic amines) is 1. The van der Waals surface area contributed by atoms with Crippen LogP contribution in [0.25, 0.3) is 0 Å². The molecule has 1 aliphatic heterocycles. The van der Waals surface area contributed by atoms with Crippen LogP contribution in [0.1, 0.15) is 5.56 Å². The van der Waals surface area contributed by atoms with Gasteiger partial charge in [-0.2, -0.15) is 0 Å². The zero-order valence-corrected chi connectivity index (χ0v) is 11.0. The summed E-state index contributed by atoms with van der Waals surface area (Å²) in [5.74, 6) is 0. The molecule has 0 saturated carbocycles. The molecular formula is C13H15ClF2N2O. The molecule has 1 aromatic rings. The Labute approximate surface area is 115 Å². The van der Waals surface area contributed by atoms with Gasteiger partial charge >= 0.3 is 6.03 Å². The SMILES string of the molecule is O=C(NCCc1ccc(Cl)cc1)N1C[C@@H](F)[C@@H](F)C1. The van der Waals surface area contributed by atoms with Gasteiger partial charge in [0.15, 0.2) is 12.3 Å². The number of hydrogen-bond donors (Lipinski definition) is 1. The Bertz CT molecular complexity index is 431. The molecule has 1 heterocycles. The van der Waals surface area contributed by atoms with Gasteiger partial charge in [0.1, 0.15) is 0 Å². The van der Waals surface area contributed by atoms with Crippen LogP contribution in [0.5, 0.6) is 0 Å². The first-order chi connectivity index (χ1) is 9.06. The standard InChI is InChI=1S/C13H15ClF2N2O/c14-10-3-1-9(2-4-10)5-6-17-13(19)18-7-11(15)12(16)8-18/h1-4,11-12H,5-8H2,(H,17,19)/t11-,12+. The number of nitrogens with one attached hydrogen (secondary N) is 1. The predicted molar refractivity (Wildman–Crippen MR) is 69.9 cm³/mol. The van der Waals surface area contributed by atoms with Gasteiger partial charge in [-0.25, -0.2) is 13.6 Å². The second-order valence-corrected chi connectivity index (χ2v) is 4.98. The average Bonchev–Trinajstić information content (AvgIpc) is 2.72. The Morgan fingerprint density at radius 1 is 1.26 bits per heavy atom. The van der Waals surface area contributed by atoms with E-state index in [1.807, 2.05) is 12.1 Å². The van der Waals surface area contributed by atoms with Crippen LogP contribution in [-0.4, -0.2) is 42.9 Å². The highest BCUT2D eigenvalue weighted by Crippen LogP contribution is 2.16. The van der Waals surface area contributed by atoms with Gasteiger partial charge in [-0.05, 0) is 24.1 Å². The van der Waals surface area contributed by atoms with Gasteiger partial charge in [0.2, 0.25) is 0 Å². The molecule has 1 fully saturated rings. The first-order valence-electron chi connectivity index (χ1n) is 6.11. The van der Waals surface area contributed by atoms with Crippen LogP contribution in [0, 0.1) is 0 Å². The molecule has 2 amide bonds. The predicted octanol–water partition coefficient (Wildman–Crippen LogP) is 2.58. The smallest absolute Gasteiger partial charge is 0.317 e. The number of carbonyl (C=O) groups excluding carboxylic acids is 1. The second kappa shape index (κ2) is 6.19.